The molecule has 0 aliphatic rings. The van der Waals surface area contributed by atoms with Crippen LogP contribution in [0.1, 0.15) is 21.5 Å². The molecule has 30 heavy (non-hydrogen) atoms. The van der Waals surface area contributed by atoms with Crippen LogP contribution in [0.15, 0.2) is 78.9 Å². The molecule has 0 aliphatic heterocycles. The Morgan fingerprint density at radius 2 is 1.53 bits per heavy atom. The number of nitrogens with two attached hydrogens (primary N) is 1. The number of carbonyl (C=O) groups excluding carboxylic acids is 2. The van der Waals surface area contributed by atoms with E-state index in [-0.39, 0.29) is 23.8 Å². The molecule has 0 spiro atoms. The Kier molecular flexibility index (Phi) is 7.46. The van der Waals surface area contributed by atoms with E-state index in [1.807, 2.05) is 60.7 Å². The highest BCUT2D eigenvalue weighted by Crippen LogP contribution is 2.22. The van der Waals surface area contributed by atoms with Gasteiger partial charge in [0.2, 0.25) is 0 Å². The van der Waals surface area contributed by atoms with Crippen LogP contribution >= 0.6 is 11.6 Å². The molecule has 6 heteroatoms. The Balaban J connectivity index is 1.70. The van der Waals surface area contributed by atoms with E-state index in [1.54, 1.807) is 17.0 Å². The lowest BCUT2D eigenvalue weighted by molar-refractivity contribution is -0.134. The number of primary amides is 1. The SMILES string of the molecule is NC(=O)c1cc(Cl)ccc1OCC(=O)N(CCc1ccccc1)Cc1ccccc1. The van der Waals surface area contributed by atoms with E-state index in [2.05, 4.69) is 0 Å². The Bertz CT molecular complexity index is 994. The van der Waals surface area contributed by atoms with E-state index in [9.17, 15) is 9.59 Å². The average molecular weight is 423 g/mol. The predicted molar refractivity (Wildman–Crippen MR) is 117 cm³/mol. The van der Waals surface area contributed by atoms with Crippen LogP contribution in [0.5, 0.6) is 5.75 Å². The van der Waals surface area contributed by atoms with Gasteiger partial charge in [-0.3, -0.25) is 9.59 Å². The summed E-state index contributed by atoms with van der Waals surface area (Å²) in [5.74, 6) is -0.603. The molecule has 2 N–H and O–H groups in total. The minimum absolute atomic E-state index is 0.147. The number of halogens is 1. The summed E-state index contributed by atoms with van der Waals surface area (Å²) in [7, 11) is 0. The third-order valence-electron chi connectivity index (χ3n) is 4.64. The highest BCUT2D eigenvalue weighted by Gasteiger charge is 2.17. The largest absolute Gasteiger partial charge is 0.483 e. The van der Waals surface area contributed by atoms with Crippen LogP contribution in [0.4, 0.5) is 0 Å². The maximum atomic E-state index is 12.9. The Morgan fingerprint density at radius 3 is 2.17 bits per heavy atom. The molecule has 0 aromatic heterocycles. The number of hydrogen-bond donors (Lipinski definition) is 1. The second-order valence-electron chi connectivity index (χ2n) is 6.83. The van der Waals surface area contributed by atoms with Crippen molar-refractivity contribution in [1.29, 1.82) is 0 Å². The van der Waals surface area contributed by atoms with Crippen molar-refractivity contribution in [2.45, 2.75) is 13.0 Å². The van der Waals surface area contributed by atoms with Crippen LogP contribution in [0, 0.1) is 0 Å². The minimum atomic E-state index is -0.662. The van der Waals surface area contributed by atoms with Gasteiger partial charge in [-0.1, -0.05) is 72.3 Å². The van der Waals surface area contributed by atoms with Crippen LogP contribution in [0.3, 0.4) is 0 Å². The molecule has 0 saturated carbocycles. The van der Waals surface area contributed by atoms with E-state index in [4.69, 9.17) is 22.1 Å². The van der Waals surface area contributed by atoms with Crippen molar-refractivity contribution in [2.24, 2.45) is 5.73 Å². The van der Waals surface area contributed by atoms with Gasteiger partial charge in [-0.25, -0.2) is 0 Å². The first-order chi connectivity index (χ1) is 14.5. The smallest absolute Gasteiger partial charge is 0.260 e. The van der Waals surface area contributed by atoms with Crippen molar-refractivity contribution in [1.82, 2.24) is 4.90 Å². The maximum Gasteiger partial charge on any atom is 0.260 e. The van der Waals surface area contributed by atoms with Gasteiger partial charge in [-0.05, 0) is 35.7 Å². The molecule has 0 saturated heterocycles. The lowest BCUT2D eigenvalue weighted by Crippen LogP contribution is -2.36. The molecule has 0 atom stereocenters. The van der Waals surface area contributed by atoms with E-state index in [0.717, 1.165) is 17.5 Å². The lowest BCUT2D eigenvalue weighted by Gasteiger charge is -2.23. The fourth-order valence-corrected chi connectivity index (χ4v) is 3.23. The van der Waals surface area contributed by atoms with Crippen LogP contribution in [-0.2, 0) is 17.8 Å². The number of rotatable bonds is 9. The van der Waals surface area contributed by atoms with Crippen LogP contribution in [0.2, 0.25) is 5.02 Å². The second-order valence-corrected chi connectivity index (χ2v) is 7.27. The molecule has 0 unspecified atom stereocenters. The average Bonchev–Trinajstić information content (AvgIpc) is 2.76. The van der Waals surface area contributed by atoms with Crippen molar-refractivity contribution >= 4 is 23.4 Å². The van der Waals surface area contributed by atoms with Gasteiger partial charge >= 0.3 is 0 Å². The van der Waals surface area contributed by atoms with Crippen LogP contribution < -0.4 is 10.5 Å². The standard InChI is InChI=1S/C24H23ClN2O3/c25-20-11-12-22(21(15-20)24(26)29)30-17-23(28)27(16-19-9-5-2-6-10-19)14-13-18-7-3-1-4-8-18/h1-12,15H,13-14,16-17H2,(H2,26,29). The van der Waals surface area contributed by atoms with Crippen molar-refractivity contribution in [3.8, 4) is 5.75 Å². The second kappa shape index (κ2) is 10.5. The van der Waals surface area contributed by atoms with Gasteiger partial charge in [0.05, 0.1) is 5.56 Å². The zero-order valence-electron chi connectivity index (χ0n) is 16.5. The number of hydrogen-bond acceptors (Lipinski definition) is 3. The monoisotopic (exact) mass is 422 g/mol. The van der Waals surface area contributed by atoms with Crippen LogP contribution in [0.25, 0.3) is 0 Å². The Morgan fingerprint density at radius 1 is 0.900 bits per heavy atom. The van der Waals surface area contributed by atoms with Crippen molar-refractivity contribution < 1.29 is 14.3 Å². The van der Waals surface area contributed by atoms with Gasteiger partial charge in [-0.15, -0.1) is 0 Å². The summed E-state index contributed by atoms with van der Waals surface area (Å²) in [4.78, 5) is 26.3. The van der Waals surface area contributed by atoms with Crippen molar-refractivity contribution in [3.63, 3.8) is 0 Å². The first-order valence-electron chi connectivity index (χ1n) is 9.60. The molecule has 0 radical (unpaired) electrons. The third kappa shape index (κ3) is 6.09. The molecular formula is C24H23ClN2O3. The molecule has 3 rings (SSSR count). The van der Waals surface area contributed by atoms with E-state index < -0.39 is 5.91 Å². The minimum Gasteiger partial charge on any atom is -0.483 e. The number of nitrogens with zero attached hydrogens (tertiary/aromatic N) is 1. The molecule has 5 nitrogen and oxygen atoms in total. The number of carbonyl (C=O) groups is 2. The Labute approximate surface area is 181 Å². The fraction of sp³-hybridized carbons (Fsp3) is 0.167. The summed E-state index contributed by atoms with van der Waals surface area (Å²) in [6, 6.07) is 24.3. The third-order valence-corrected chi connectivity index (χ3v) is 4.88. The molecule has 0 bridgehead atoms. The lowest BCUT2D eigenvalue weighted by atomic mass is 10.1. The molecule has 0 heterocycles. The zero-order chi connectivity index (χ0) is 21.3. The van der Waals surface area contributed by atoms with E-state index in [0.29, 0.717) is 18.1 Å². The van der Waals surface area contributed by atoms with Gasteiger partial charge in [0.15, 0.2) is 6.61 Å². The first-order valence-corrected chi connectivity index (χ1v) is 9.98. The Hall–Kier alpha value is -3.31. The fourth-order valence-electron chi connectivity index (χ4n) is 3.06. The molecule has 3 aromatic rings. The first kappa shape index (κ1) is 21.4. The van der Waals surface area contributed by atoms with Gasteiger partial charge in [0, 0.05) is 18.1 Å². The summed E-state index contributed by atoms with van der Waals surface area (Å²) in [5.41, 5.74) is 7.72. The van der Waals surface area contributed by atoms with Gasteiger partial charge in [-0.2, -0.15) is 0 Å². The molecule has 154 valence electrons. The van der Waals surface area contributed by atoms with Crippen molar-refractivity contribution in [3.05, 3.63) is 101 Å². The van der Waals surface area contributed by atoms with E-state index in [1.165, 1.54) is 6.07 Å². The van der Waals surface area contributed by atoms with Gasteiger partial charge < -0.3 is 15.4 Å². The molecule has 2 amide bonds. The van der Waals surface area contributed by atoms with Gasteiger partial charge in [0.1, 0.15) is 5.75 Å². The summed E-state index contributed by atoms with van der Waals surface area (Å²) < 4.78 is 5.64. The summed E-state index contributed by atoms with van der Waals surface area (Å²) in [6.45, 7) is 0.813. The molecule has 3 aromatic carbocycles. The van der Waals surface area contributed by atoms with Crippen LogP contribution in [-0.4, -0.2) is 29.9 Å². The van der Waals surface area contributed by atoms with Crippen molar-refractivity contribution in [2.75, 3.05) is 13.2 Å². The summed E-state index contributed by atoms with van der Waals surface area (Å²) in [6.07, 6.45) is 0.729. The summed E-state index contributed by atoms with van der Waals surface area (Å²) >= 11 is 5.93. The summed E-state index contributed by atoms with van der Waals surface area (Å²) in [5, 5.41) is 0.371. The number of ether oxygens (including phenoxy) is 1. The van der Waals surface area contributed by atoms with Gasteiger partial charge in [0.25, 0.3) is 11.8 Å². The van der Waals surface area contributed by atoms with E-state index >= 15 is 0 Å². The number of benzene rings is 3. The molecule has 0 aliphatic carbocycles. The normalized spacial score (nSPS) is 10.4. The highest BCUT2D eigenvalue weighted by molar-refractivity contribution is 6.31. The maximum absolute atomic E-state index is 12.9. The molecule has 0 fully saturated rings. The number of amides is 2. The predicted octanol–water partition coefficient (Wildman–Crippen LogP) is 4.09. The highest BCUT2D eigenvalue weighted by atomic mass is 35.5. The molecular weight excluding hydrogens is 400 g/mol. The topological polar surface area (TPSA) is 72.6 Å². The zero-order valence-corrected chi connectivity index (χ0v) is 17.2. The quantitative estimate of drug-likeness (QED) is 0.564.